The number of primary amides is 1. The molecule has 0 aromatic rings. The van der Waals surface area contributed by atoms with E-state index in [1.165, 1.54) is 19.3 Å². The lowest BCUT2D eigenvalue weighted by Crippen LogP contribution is -2.58. The molecular weight excluding hydrogens is 216 g/mol. The maximum absolute atomic E-state index is 11.4. The molecule has 0 aliphatic carbocycles. The number of rotatable bonds is 10. The highest BCUT2D eigenvalue weighted by Crippen LogP contribution is 2.07. The molecule has 0 heterocycles. The first kappa shape index (κ1) is 16.4. The van der Waals surface area contributed by atoms with Crippen LogP contribution in [-0.4, -0.2) is 30.7 Å². The number of carbonyl (C=O) groups is 1. The van der Waals surface area contributed by atoms with Crippen LogP contribution in [0.1, 0.15) is 53.4 Å². The molecule has 17 heavy (non-hydrogen) atoms. The van der Waals surface area contributed by atoms with Crippen LogP contribution in [-0.2, 0) is 9.53 Å². The predicted octanol–water partition coefficient (Wildman–Crippen LogP) is 1.83. The molecule has 102 valence electrons. The van der Waals surface area contributed by atoms with Gasteiger partial charge in [-0.2, -0.15) is 0 Å². The SMILES string of the molecule is CCCCCCOCC(C)(NC(C)C)C(N)=O. The second-order valence-corrected chi connectivity index (χ2v) is 5.11. The van der Waals surface area contributed by atoms with E-state index in [0.29, 0.717) is 13.2 Å². The van der Waals surface area contributed by atoms with Crippen molar-refractivity contribution in [1.82, 2.24) is 5.32 Å². The van der Waals surface area contributed by atoms with Gasteiger partial charge in [0.2, 0.25) is 5.91 Å². The van der Waals surface area contributed by atoms with E-state index in [9.17, 15) is 4.79 Å². The average Bonchev–Trinajstić information content (AvgIpc) is 2.22. The molecule has 1 atom stereocenters. The number of carbonyl (C=O) groups excluding carboxylic acids is 1. The fourth-order valence-electron chi connectivity index (χ4n) is 1.73. The Labute approximate surface area is 105 Å². The number of amides is 1. The zero-order valence-corrected chi connectivity index (χ0v) is 11.7. The summed E-state index contributed by atoms with van der Waals surface area (Å²) in [6.45, 7) is 8.99. The van der Waals surface area contributed by atoms with Gasteiger partial charge in [0.25, 0.3) is 0 Å². The number of nitrogens with two attached hydrogens (primary N) is 1. The van der Waals surface area contributed by atoms with Gasteiger partial charge in [0, 0.05) is 12.6 Å². The molecule has 0 fully saturated rings. The van der Waals surface area contributed by atoms with Gasteiger partial charge >= 0.3 is 0 Å². The van der Waals surface area contributed by atoms with Crippen LogP contribution in [0.4, 0.5) is 0 Å². The summed E-state index contributed by atoms with van der Waals surface area (Å²) in [6.07, 6.45) is 4.68. The van der Waals surface area contributed by atoms with E-state index >= 15 is 0 Å². The van der Waals surface area contributed by atoms with Gasteiger partial charge in [-0.05, 0) is 27.2 Å². The molecule has 4 nitrogen and oxygen atoms in total. The van der Waals surface area contributed by atoms with E-state index in [-0.39, 0.29) is 11.9 Å². The molecule has 0 saturated carbocycles. The minimum Gasteiger partial charge on any atom is -0.379 e. The number of ether oxygens (including phenoxy) is 1. The van der Waals surface area contributed by atoms with Crippen molar-refractivity contribution in [2.45, 2.75) is 65.0 Å². The molecule has 0 aliphatic rings. The normalized spacial score (nSPS) is 14.9. The second-order valence-electron chi connectivity index (χ2n) is 5.11. The van der Waals surface area contributed by atoms with Crippen molar-refractivity contribution in [3.8, 4) is 0 Å². The molecule has 1 amide bonds. The van der Waals surface area contributed by atoms with Crippen LogP contribution in [0.15, 0.2) is 0 Å². The molecule has 3 N–H and O–H groups in total. The predicted molar refractivity (Wildman–Crippen MR) is 70.8 cm³/mol. The first-order valence-electron chi connectivity index (χ1n) is 6.57. The van der Waals surface area contributed by atoms with Gasteiger partial charge in [-0.15, -0.1) is 0 Å². The Kier molecular flexibility index (Phi) is 8.17. The highest BCUT2D eigenvalue weighted by molar-refractivity contribution is 5.84. The Morgan fingerprint density at radius 2 is 2.00 bits per heavy atom. The Bertz CT molecular complexity index is 219. The molecule has 0 spiro atoms. The van der Waals surface area contributed by atoms with Crippen LogP contribution in [0.3, 0.4) is 0 Å². The van der Waals surface area contributed by atoms with Crippen molar-refractivity contribution in [3.05, 3.63) is 0 Å². The first-order valence-corrected chi connectivity index (χ1v) is 6.57. The number of hydrogen-bond donors (Lipinski definition) is 2. The van der Waals surface area contributed by atoms with Gasteiger partial charge < -0.3 is 10.5 Å². The summed E-state index contributed by atoms with van der Waals surface area (Å²) in [6, 6.07) is 0.205. The van der Waals surface area contributed by atoms with E-state index in [4.69, 9.17) is 10.5 Å². The lowest BCUT2D eigenvalue weighted by atomic mass is 10.0. The zero-order chi connectivity index (χ0) is 13.3. The summed E-state index contributed by atoms with van der Waals surface area (Å²) in [5, 5.41) is 3.16. The van der Waals surface area contributed by atoms with Crippen molar-refractivity contribution in [3.63, 3.8) is 0 Å². The topological polar surface area (TPSA) is 64.3 Å². The third-order valence-electron chi connectivity index (χ3n) is 2.68. The highest BCUT2D eigenvalue weighted by Gasteiger charge is 2.31. The summed E-state index contributed by atoms with van der Waals surface area (Å²) >= 11 is 0. The third-order valence-corrected chi connectivity index (χ3v) is 2.68. The standard InChI is InChI=1S/C13H28N2O2/c1-5-6-7-8-9-17-10-13(4,12(14)16)15-11(2)3/h11,15H,5-10H2,1-4H3,(H2,14,16). The van der Waals surface area contributed by atoms with Gasteiger partial charge in [0.1, 0.15) is 5.54 Å². The van der Waals surface area contributed by atoms with Crippen molar-refractivity contribution in [1.29, 1.82) is 0 Å². The quantitative estimate of drug-likeness (QED) is 0.576. The largest absolute Gasteiger partial charge is 0.379 e. The van der Waals surface area contributed by atoms with Crippen LogP contribution >= 0.6 is 0 Å². The van der Waals surface area contributed by atoms with Gasteiger partial charge in [0.15, 0.2) is 0 Å². The molecule has 0 rings (SSSR count). The molecule has 0 bridgehead atoms. The lowest BCUT2D eigenvalue weighted by Gasteiger charge is -2.29. The van der Waals surface area contributed by atoms with Gasteiger partial charge in [-0.3, -0.25) is 10.1 Å². The maximum atomic E-state index is 11.4. The summed E-state index contributed by atoms with van der Waals surface area (Å²) in [5.74, 6) is -0.361. The van der Waals surface area contributed by atoms with E-state index in [0.717, 1.165) is 6.42 Å². The molecular formula is C13H28N2O2. The minimum absolute atomic E-state index is 0.205. The Hall–Kier alpha value is -0.610. The highest BCUT2D eigenvalue weighted by atomic mass is 16.5. The maximum Gasteiger partial charge on any atom is 0.239 e. The van der Waals surface area contributed by atoms with Crippen molar-refractivity contribution < 1.29 is 9.53 Å². The summed E-state index contributed by atoms with van der Waals surface area (Å²) in [7, 11) is 0. The van der Waals surface area contributed by atoms with E-state index in [2.05, 4.69) is 12.2 Å². The van der Waals surface area contributed by atoms with E-state index < -0.39 is 5.54 Å². The van der Waals surface area contributed by atoms with Crippen LogP contribution in [0.25, 0.3) is 0 Å². The molecule has 0 aromatic carbocycles. The van der Waals surface area contributed by atoms with Crippen molar-refractivity contribution >= 4 is 5.91 Å². The second kappa shape index (κ2) is 8.48. The fraction of sp³-hybridized carbons (Fsp3) is 0.923. The Morgan fingerprint density at radius 3 is 2.47 bits per heavy atom. The van der Waals surface area contributed by atoms with Gasteiger partial charge in [-0.25, -0.2) is 0 Å². The van der Waals surface area contributed by atoms with Gasteiger partial charge in [-0.1, -0.05) is 26.2 Å². The van der Waals surface area contributed by atoms with Crippen molar-refractivity contribution in [2.24, 2.45) is 5.73 Å². The summed E-state index contributed by atoms with van der Waals surface area (Å²) < 4.78 is 5.54. The molecule has 0 saturated heterocycles. The van der Waals surface area contributed by atoms with Crippen molar-refractivity contribution in [2.75, 3.05) is 13.2 Å². The van der Waals surface area contributed by atoms with Crippen LogP contribution < -0.4 is 11.1 Å². The average molecular weight is 244 g/mol. The molecule has 1 unspecified atom stereocenters. The summed E-state index contributed by atoms with van der Waals surface area (Å²) in [5.41, 5.74) is 4.64. The first-order chi connectivity index (χ1) is 7.92. The van der Waals surface area contributed by atoms with Crippen LogP contribution in [0.5, 0.6) is 0 Å². The molecule has 0 radical (unpaired) electrons. The van der Waals surface area contributed by atoms with Gasteiger partial charge in [0.05, 0.1) is 6.61 Å². The monoisotopic (exact) mass is 244 g/mol. The molecule has 0 aromatic heterocycles. The number of unbranched alkanes of at least 4 members (excludes halogenated alkanes) is 3. The van der Waals surface area contributed by atoms with E-state index in [1.54, 1.807) is 6.92 Å². The fourth-order valence-corrected chi connectivity index (χ4v) is 1.73. The van der Waals surface area contributed by atoms with E-state index in [1.807, 2.05) is 13.8 Å². The number of hydrogen-bond acceptors (Lipinski definition) is 3. The lowest BCUT2D eigenvalue weighted by molar-refractivity contribution is -0.126. The zero-order valence-electron chi connectivity index (χ0n) is 11.7. The third kappa shape index (κ3) is 7.34. The minimum atomic E-state index is -0.765. The Balaban J connectivity index is 3.89. The summed E-state index contributed by atoms with van der Waals surface area (Å²) in [4.78, 5) is 11.4. The number of nitrogens with one attached hydrogen (secondary N) is 1. The molecule has 0 aliphatic heterocycles. The van der Waals surface area contributed by atoms with Crippen LogP contribution in [0.2, 0.25) is 0 Å². The van der Waals surface area contributed by atoms with Crippen LogP contribution in [0, 0.1) is 0 Å². The Morgan fingerprint density at radius 1 is 1.35 bits per heavy atom. The molecule has 4 heteroatoms. The smallest absolute Gasteiger partial charge is 0.239 e.